The van der Waals surface area contributed by atoms with E-state index in [1.54, 1.807) is 0 Å². The smallest absolute Gasteiger partial charge is 0.309 e. The van der Waals surface area contributed by atoms with Gasteiger partial charge in [0.05, 0.1) is 0 Å². The van der Waals surface area contributed by atoms with Crippen LogP contribution in [0.5, 0.6) is 0 Å². The summed E-state index contributed by atoms with van der Waals surface area (Å²) >= 11 is 0. The fraction of sp³-hybridized carbons (Fsp3) is 0.750. The number of alkyl halides is 3. The molecule has 0 bridgehead atoms. The van der Waals surface area contributed by atoms with Crippen molar-refractivity contribution in [2.75, 3.05) is 6.54 Å². The van der Waals surface area contributed by atoms with E-state index >= 15 is 0 Å². The zero-order chi connectivity index (χ0) is 6.91. The molecule has 0 aromatic carbocycles. The summed E-state index contributed by atoms with van der Waals surface area (Å²) in [4.78, 5) is 0. The van der Waals surface area contributed by atoms with Gasteiger partial charge in [0.1, 0.15) is 5.71 Å². The molecule has 0 spiro atoms. The molecule has 1 heterocycles. The Morgan fingerprint density at radius 1 is 1.44 bits per heavy atom. The monoisotopic (exact) mass is 138 g/mol. The number of hydrogen-bond acceptors (Lipinski definition) is 2. The van der Waals surface area contributed by atoms with Gasteiger partial charge < -0.3 is 5.43 Å². The summed E-state index contributed by atoms with van der Waals surface area (Å²) in [6.45, 7) is 0.300. The van der Waals surface area contributed by atoms with Gasteiger partial charge in [-0.1, -0.05) is 0 Å². The lowest BCUT2D eigenvalue weighted by molar-refractivity contribution is -0.0598. The van der Waals surface area contributed by atoms with Crippen LogP contribution in [-0.2, 0) is 0 Å². The molecule has 0 amide bonds. The fourth-order valence-corrected chi connectivity index (χ4v) is 0.587. The standard InChI is InChI=1S/C4H5F3N2/c5-4(6,7)3-1-2-8-9-3/h8H,1-2H2. The fourth-order valence-electron chi connectivity index (χ4n) is 0.587. The third kappa shape index (κ3) is 1.34. The number of hydrazone groups is 1. The van der Waals surface area contributed by atoms with Gasteiger partial charge in [0.15, 0.2) is 0 Å². The lowest BCUT2D eigenvalue weighted by Crippen LogP contribution is -2.20. The van der Waals surface area contributed by atoms with Crippen molar-refractivity contribution in [2.24, 2.45) is 5.10 Å². The van der Waals surface area contributed by atoms with Crippen LogP contribution in [0.2, 0.25) is 0 Å². The van der Waals surface area contributed by atoms with Crippen LogP contribution < -0.4 is 5.43 Å². The zero-order valence-corrected chi connectivity index (χ0v) is 4.50. The van der Waals surface area contributed by atoms with Gasteiger partial charge in [-0.05, 0) is 0 Å². The van der Waals surface area contributed by atoms with E-state index in [1.807, 2.05) is 0 Å². The molecule has 1 aliphatic heterocycles. The van der Waals surface area contributed by atoms with E-state index in [1.165, 1.54) is 0 Å². The first-order valence-corrected chi connectivity index (χ1v) is 2.47. The maximum Gasteiger partial charge on any atom is 0.431 e. The van der Waals surface area contributed by atoms with Gasteiger partial charge in [0, 0.05) is 13.0 Å². The molecule has 0 aromatic heterocycles. The molecule has 5 heteroatoms. The molecule has 0 radical (unpaired) electrons. The maximum atomic E-state index is 11.6. The number of rotatable bonds is 0. The molecule has 0 aromatic rings. The van der Waals surface area contributed by atoms with Crippen molar-refractivity contribution >= 4 is 5.71 Å². The van der Waals surface area contributed by atoms with Crippen molar-refractivity contribution < 1.29 is 13.2 Å². The average molecular weight is 138 g/mol. The lowest BCUT2D eigenvalue weighted by atomic mass is 10.3. The van der Waals surface area contributed by atoms with Gasteiger partial charge in [-0.2, -0.15) is 18.3 Å². The third-order valence-electron chi connectivity index (χ3n) is 1.01. The van der Waals surface area contributed by atoms with Crippen molar-refractivity contribution in [1.82, 2.24) is 5.43 Å². The Kier molecular flexibility index (Phi) is 1.34. The second-order valence-electron chi connectivity index (χ2n) is 1.71. The van der Waals surface area contributed by atoms with Gasteiger partial charge >= 0.3 is 6.18 Å². The van der Waals surface area contributed by atoms with E-state index in [9.17, 15) is 13.2 Å². The first-order valence-electron chi connectivity index (χ1n) is 2.47. The van der Waals surface area contributed by atoms with Crippen LogP contribution in [0, 0.1) is 0 Å². The van der Waals surface area contributed by atoms with Crippen molar-refractivity contribution in [1.29, 1.82) is 0 Å². The highest BCUT2D eigenvalue weighted by Gasteiger charge is 2.36. The molecule has 9 heavy (non-hydrogen) atoms. The Bertz CT molecular complexity index is 137. The second kappa shape index (κ2) is 1.89. The summed E-state index contributed by atoms with van der Waals surface area (Å²) in [5.74, 6) is 0. The molecule has 1 N–H and O–H groups in total. The van der Waals surface area contributed by atoms with Crippen LogP contribution in [-0.4, -0.2) is 18.4 Å². The van der Waals surface area contributed by atoms with Crippen LogP contribution in [0.1, 0.15) is 6.42 Å². The Morgan fingerprint density at radius 2 is 2.11 bits per heavy atom. The SMILES string of the molecule is FC(F)(F)C1=NNCC1. The van der Waals surface area contributed by atoms with Crippen LogP contribution in [0.4, 0.5) is 13.2 Å². The predicted molar refractivity (Wildman–Crippen MR) is 26.1 cm³/mol. The van der Waals surface area contributed by atoms with E-state index in [4.69, 9.17) is 0 Å². The largest absolute Gasteiger partial charge is 0.431 e. The Hall–Kier alpha value is -0.740. The van der Waals surface area contributed by atoms with Crippen LogP contribution in [0.25, 0.3) is 0 Å². The van der Waals surface area contributed by atoms with Gasteiger partial charge in [-0.3, -0.25) is 0 Å². The van der Waals surface area contributed by atoms with Gasteiger partial charge in [0.2, 0.25) is 0 Å². The van der Waals surface area contributed by atoms with Crippen molar-refractivity contribution in [2.45, 2.75) is 12.6 Å². The van der Waals surface area contributed by atoms with Gasteiger partial charge in [0.25, 0.3) is 0 Å². The van der Waals surface area contributed by atoms with Crippen LogP contribution >= 0.6 is 0 Å². The van der Waals surface area contributed by atoms with E-state index in [0.29, 0.717) is 6.54 Å². The Morgan fingerprint density at radius 3 is 2.33 bits per heavy atom. The van der Waals surface area contributed by atoms with Crippen molar-refractivity contribution in [3.8, 4) is 0 Å². The second-order valence-corrected chi connectivity index (χ2v) is 1.71. The van der Waals surface area contributed by atoms with Gasteiger partial charge in [-0.15, -0.1) is 0 Å². The maximum absolute atomic E-state index is 11.6. The highest BCUT2D eigenvalue weighted by molar-refractivity contribution is 5.90. The normalized spacial score (nSPS) is 19.2. The van der Waals surface area contributed by atoms with E-state index in [-0.39, 0.29) is 6.42 Å². The van der Waals surface area contributed by atoms with E-state index < -0.39 is 11.9 Å². The third-order valence-corrected chi connectivity index (χ3v) is 1.01. The summed E-state index contributed by atoms with van der Waals surface area (Å²) in [6, 6.07) is 0. The first-order chi connectivity index (χ1) is 4.11. The summed E-state index contributed by atoms with van der Waals surface area (Å²) < 4.78 is 34.8. The lowest BCUT2D eigenvalue weighted by Gasteiger charge is -2.01. The van der Waals surface area contributed by atoms with Crippen molar-refractivity contribution in [3.05, 3.63) is 0 Å². The molecule has 0 fully saturated rings. The van der Waals surface area contributed by atoms with Gasteiger partial charge in [-0.25, -0.2) is 0 Å². The quantitative estimate of drug-likeness (QED) is 0.528. The molecular weight excluding hydrogens is 133 g/mol. The molecule has 2 nitrogen and oxygen atoms in total. The number of halogens is 3. The molecule has 1 rings (SSSR count). The van der Waals surface area contributed by atoms with E-state index in [2.05, 4.69) is 10.5 Å². The first kappa shape index (κ1) is 6.38. The predicted octanol–water partition coefficient (Wildman–Crippen LogP) is 0.898. The molecule has 0 saturated heterocycles. The molecule has 0 saturated carbocycles. The average Bonchev–Trinajstić information content (AvgIpc) is 2.08. The molecule has 0 unspecified atom stereocenters. The highest BCUT2D eigenvalue weighted by Crippen LogP contribution is 2.20. The minimum atomic E-state index is -4.23. The Balaban J connectivity index is 2.61. The number of nitrogens with zero attached hydrogens (tertiary/aromatic N) is 1. The number of hydrogen-bond donors (Lipinski definition) is 1. The summed E-state index contributed by atoms with van der Waals surface area (Å²) in [5.41, 5.74) is 1.54. The highest BCUT2D eigenvalue weighted by atomic mass is 19.4. The van der Waals surface area contributed by atoms with Crippen LogP contribution in [0.15, 0.2) is 5.10 Å². The molecule has 0 atom stereocenters. The minimum absolute atomic E-state index is 0.0104. The summed E-state index contributed by atoms with van der Waals surface area (Å²) in [6.07, 6.45) is -4.24. The number of nitrogens with one attached hydrogen (secondary N) is 1. The Labute approximate surface area is 49.7 Å². The topological polar surface area (TPSA) is 24.4 Å². The molecular formula is C4H5F3N2. The molecule has 0 aliphatic carbocycles. The minimum Gasteiger partial charge on any atom is -0.309 e. The molecule has 1 aliphatic rings. The summed E-state index contributed by atoms with van der Waals surface area (Å²) in [5, 5.41) is 3.05. The molecule has 52 valence electrons. The zero-order valence-electron chi connectivity index (χ0n) is 4.50. The summed E-state index contributed by atoms with van der Waals surface area (Å²) in [7, 11) is 0. The van der Waals surface area contributed by atoms with Crippen molar-refractivity contribution in [3.63, 3.8) is 0 Å². The van der Waals surface area contributed by atoms with E-state index in [0.717, 1.165) is 0 Å². The van der Waals surface area contributed by atoms with Crippen LogP contribution in [0.3, 0.4) is 0 Å².